The van der Waals surface area contributed by atoms with Crippen molar-refractivity contribution in [2.45, 2.75) is 32.2 Å². The van der Waals surface area contributed by atoms with E-state index in [0.29, 0.717) is 23.3 Å². The number of pyridine rings is 1. The molecule has 4 aromatic rings. The van der Waals surface area contributed by atoms with Gasteiger partial charge in [0.1, 0.15) is 5.75 Å². The summed E-state index contributed by atoms with van der Waals surface area (Å²) in [5.41, 5.74) is 4.10. The Morgan fingerprint density at radius 2 is 1.77 bits per heavy atom. The van der Waals surface area contributed by atoms with Gasteiger partial charge in [0.05, 0.1) is 18.4 Å². The molecule has 2 aliphatic rings. The number of oxazole rings is 1. The lowest BCUT2D eigenvalue weighted by atomic mass is 10.0. The molecule has 0 unspecified atom stereocenters. The average Bonchev–Trinajstić information content (AvgIpc) is 3.56. The zero-order valence-electron chi connectivity index (χ0n) is 20.8. The van der Waals surface area contributed by atoms with Gasteiger partial charge in [0.15, 0.2) is 24.7 Å². The minimum Gasteiger partial charge on any atom is -1.00 e. The topological polar surface area (TPSA) is 103 Å². The Bertz CT molecular complexity index is 1530. The van der Waals surface area contributed by atoms with E-state index in [4.69, 9.17) is 14.0 Å². The van der Waals surface area contributed by atoms with Crippen LogP contribution in [0.15, 0.2) is 77.6 Å². The van der Waals surface area contributed by atoms with Crippen LogP contribution in [0.25, 0.3) is 22.8 Å². The quantitative estimate of drug-likeness (QED) is 0.243. The van der Waals surface area contributed by atoms with Crippen molar-refractivity contribution in [1.29, 1.82) is 0 Å². The van der Waals surface area contributed by atoms with Crippen LogP contribution in [0.1, 0.15) is 40.7 Å². The zero-order valence-corrected chi connectivity index (χ0v) is 22.4. The first kappa shape index (κ1) is 26.3. The molecule has 0 spiro atoms. The molecule has 9 nitrogen and oxygen atoms in total. The van der Waals surface area contributed by atoms with Crippen LogP contribution in [0.2, 0.25) is 0 Å². The number of fused-ring (bicyclic) bond motifs is 1. The van der Waals surface area contributed by atoms with E-state index in [9.17, 15) is 14.4 Å². The number of benzene rings is 2. The lowest BCUT2D eigenvalue weighted by Crippen LogP contribution is -3.00. The second-order valence-electron chi connectivity index (χ2n) is 9.22. The van der Waals surface area contributed by atoms with Crippen molar-refractivity contribution in [3.05, 3.63) is 89.9 Å². The van der Waals surface area contributed by atoms with Crippen LogP contribution in [0.5, 0.6) is 5.75 Å². The summed E-state index contributed by atoms with van der Waals surface area (Å²) in [6.45, 7) is 1.25. The number of carbonyl (C=O) groups is 3. The van der Waals surface area contributed by atoms with Gasteiger partial charge >= 0.3 is 5.97 Å². The Balaban J connectivity index is 0.00000308. The molecule has 0 atom stereocenters. The number of amides is 2. The number of halogens is 1. The van der Waals surface area contributed by atoms with Crippen LogP contribution >= 0.6 is 0 Å². The maximum Gasteiger partial charge on any atom is 0.363 e. The van der Waals surface area contributed by atoms with Crippen LogP contribution in [-0.4, -0.2) is 34.4 Å². The van der Waals surface area contributed by atoms with Gasteiger partial charge < -0.3 is 31.0 Å². The molecule has 0 radical (unpaired) electrons. The number of carbonyl (C=O) groups excluding carboxylic acids is 3. The molecule has 198 valence electrons. The van der Waals surface area contributed by atoms with Crippen molar-refractivity contribution in [3.63, 3.8) is 0 Å². The summed E-state index contributed by atoms with van der Waals surface area (Å²) in [6.07, 6.45) is 7.65. The van der Waals surface area contributed by atoms with Gasteiger partial charge in [-0.2, -0.15) is 0 Å². The number of aryl methyl sites for hydroxylation is 1. The minimum atomic E-state index is -0.748. The van der Waals surface area contributed by atoms with E-state index in [2.05, 4.69) is 11.1 Å². The van der Waals surface area contributed by atoms with Crippen LogP contribution in [0.3, 0.4) is 0 Å². The predicted octanol–water partition coefficient (Wildman–Crippen LogP) is 0.894. The molecule has 2 aliphatic heterocycles. The van der Waals surface area contributed by atoms with Gasteiger partial charge in [-0.3, -0.25) is 9.59 Å². The first-order chi connectivity index (χ1) is 18.5. The molecule has 0 saturated carbocycles. The highest BCUT2D eigenvalue weighted by Gasteiger charge is 2.33. The standard InChI is InChI=1S/C29H24N3O6.BrH/c33-26-8-9-27(34)32(26)38-29(35)23-4-1-3-19(15-23)18-31-12-10-20(11-13-31)28-30-17-25(37-28)22-6-7-24-21(16-22)5-2-14-36-24;/h1,3-4,6-7,10-13,15-17H,2,5,8-9,14,18H2;1H/q+1;/p-1. The van der Waals surface area contributed by atoms with E-state index in [1.54, 1.807) is 24.4 Å². The summed E-state index contributed by atoms with van der Waals surface area (Å²) in [5, 5.41) is 0.552. The molecular weight excluding hydrogens is 566 g/mol. The maximum atomic E-state index is 12.5. The third-order valence-corrected chi connectivity index (χ3v) is 6.54. The highest BCUT2D eigenvalue weighted by atomic mass is 79.9. The van der Waals surface area contributed by atoms with Gasteiger partial charge in [0.2, 0.25) is 5.89 Å². The smallest absolute Gasteiger partial charge is 0.363 e. The molecular formula is C29H24BrN3O6. The Morgan fingerprint density at radius 3 is 2.56 bits per heavy atom. The largest absolute Gasteiger partial charge is 1.00 e. The SMILES string of the molecule is O=C(ON1C(=O)CCC1=O)c1cccc(C[n+]2ccc(-c3ncc(-c4ccc5c(c4)CCCO5)o3)cc2)c1.[Br-]. The van der Waals surface area contributed by atoms with Crippen LogP contribution < -0.4 is 26.3 Å². The fourth-order valence-electron chi connectivity index (χ4n) is 4.56. The monoisotopic (exact) mass is 589 g/mol. The van der Waals surface area contributed by atoms with Gasteiger partial charge in [-0.15, -0.1) is 5.06 Å². The second-order valence-corrected chi connectivity index (χ2v) is 9.22. The first-order valence-electron chi connectivity index (χ1n) is 12.4. The molecule has 2 aromatic carbocycles. The van der Waals surface area contributed by atoms with E-state index in [0.717, 1.165) is 41.9 Å². The van der Waals surface area contributed by atoms with Gasteiger partial charge in [0.25, 0.3) is 11.8 Å². The molecule has 10 heteroatoms. The number of imide groups is 1. The van der Waals surface area contributed by atoms with Crippen LogP contribution in [0.4, 0.5) is 0 Å². The van der Waals surface area contributed by atoms with E-state index in [-0.39, 0.29) is 35.4 Å². The molecule has 6 rings (SSSR count). The zero-order chi connectivity index (χ0) is 26.1. The molecule has 2 amide bonds. The fourth-order valence-corrected chi connectivity index (χ4v) is 4.56. The highest BCUT2D eigenvalue weighted by molar-refractivity contribution is 6.02. The fraction of sp³-hybridized carbons (Fsp3) is 0.207. The third-order valence-electron chi connectivity index (χ3n) is 6.54. The molecule has 0 aliphatic carbocycles. The molecule has 4 heterocycles. The summed E-state index contributed by atoms with van der Waals surface area (Å²) in [4.78, 5) is 45.4. The van der Waals surface area contributed by atoms with Crippen molar-refractivity contribution in [2.24, 2.45) is 0 Å². The second kappa shape index (κ2) is 11.2. The van der Waals surface area contributed by atoms with Crippen LogP contribution in [0, 0.1) is 0 Å². The number of ether oxygens (including phenoxy) is 1. The Labute approximate surface area is 234 Å². The van der Waals surface area contributed by atoms with E-state index >= 15 is 0 Å². The van der Waals surface area contributed by atoms with E-state index in [1.807, 2.05) is 47.3 Å². The average molecular weight is 590 g/mol. The predicted molar refractivity (Wildman–Crippen MR) is 133 cm³/mol. The number of aromatic nitrogens is 2. The van der Waals surface area contributed by atoms with Gasteiger partial charge in [-0.05, 0) is 48.7 Å². The first-order valence-corrected chi connectivity index (χ1v) is 12.4. The molecule has 39 heavy (non-hydrogen) atoms. The Morgan fingerprint density at radius 1 is 0.974 bits per heavy atom. The van der Waals surface area contributed by atoms with Crippen LogP contribution in [-0.2, 0) is 27.4 Å². The van der Waals surface area contributed by atoms with Gasteiger partial charge in [-0.1, -0.05) is 12.1 Å². The molecule has 1 fully saturated rings. The number of hydroxylamine groups is 2. The lowest BCUT2D eigenvalue weighted by Gasteiger charge is -2.17. The summed E-state index contributed by atoms with van der Waals surface area (Å²) in [7, 11) is 0. The summed E-state index contributed by atoms with van der Waals surface area (Å²) >= 11 is 0. The summed E-state index contributed by atoms with van der Waals surface area (Å²) in [5.74, 6) is 0.396. The van der Waals surface area contributed by atoms with Crippen molar-refractivity contribution in [1.82, 2.24) is 10.0 Å². The molecule has 0 N–H and O–H groups in total. The van der Waals surface area contributed by atoms with Gasteiger partial charge in [0, 0.05) is 41.7 Å². The summed E-state index contributed by atoms with van der Waals surface area (Å²) in [6, 6.07) is 16.8. The number of nitrogens with zero attached hydrogens (tertiary/aromatic N) is 3. The van der Waals surface area contributed by atoms with Crippen molar-refractivity contribution in [2.75, 3.05) is 6.61 Å². The third kappa shape index (κ3) is 5.61. The van der Waals surface area contributed by atoms with Crippen molar-refractivity contribution >= 4 is 17.8 Å². The minimum absolute atomic E-state index is 0. The van der Waals surface area contributed by atoms with Crippen molar-refractivity contribution < 1.29 is 49.9 Å². The number of rotatable bonds is 6. The van der Waals surface area contributed by atoms with Crippen molar-refractivity contribution in [3.8, 4) is 28.5 Å². The summed E-state index contributed by atoms with van der Waals surface area (Å²) < 4.78 is 13.7. The van der Waals surface area contributed by atoms with Gasteiger partial charge in [-0.25, -0.2) is 14.3 Å². The maximum absolute atomic E-state index is 12.5. The Hall–Kier alpha value is -4.31. The van der Waals surface area contributed by atoms with E-state index < -0.39 is 17.8 Å². The highest BCUT2D eigenvalue weighted by Crippen LogP contribution is 2.32. The Kier molecular flexibility index (Phi) is 7.56. The molecule has 1 saturated heterocycles. The van der Waals surface area contributed by atoms with E-state index in [1.165, 1.54) is 5.56 Å². The lowest BCUT2D eigenvalue weighted by molar-refractivity contribution is -0.688. The molecule has 2 aromatic heterocycles. The number of hydrogen-bond acceptors (Lipinski definition) is 7. The normalized spacial score (nSPS) is 14.4. The molecule has 0 bridgehead atoms. The number of hydrogen-bond donors (Lipinski definition) is 0.